The fourth-order valence-corrected chi connectivity index (χ4v) is 2.74. The minimum absolute atomic E-state index is 0.440. The number of hydrogen-bond donors (Lipinski definition) is 0. The monoisotopic (exact) mass is 382 g/mol. The van der Waals surface area contributed by atoms with Crippen molar-refractivity contribution >= 4 is 22.1 Å². The zero-order chi connectivity index (χ0) is 18.1. The summed E-state index contributed by atoms with van der Waals surface area (Å²) >= 11 is 5.86. The van der Waals surface area contributed by atoms with Crippen LogP contribution in [0.5, 0.6) is 23.0 Å². The molecule has 5 nitrogen and oxygen atoms in total. The topological polar surface area (TPSA) is 46.2 Å². The lowest BCUT2D eigenvalue weighted by molar-refractivity contribution is -0.255. The van der Waals surface area contributed by atoms with Crippen LogP contribution >= 0.6 is 11.6 Å². The van der Waals surface area contributed by atoms with E-state index in [9.17, 15) is 0 Å². The average molecular weight is 383 g/mol. The maximum absolute atomic E-state index is 6.06. The molecule has 0 fully saturated rings. The maximum atomic E-state index is 6.06. The molecule has 0 saturated carbocycles. The van der Waals surface area contributed by atoms with Crippen molar-refractivity contribution in [3.63, 3.8) is 0 Å². The molecular weight excluding hydrogens is 360 g/mol. The van der Waals surface area contributed by atoms with Crippen molar-refractivity contribution in [3.05, 3.63) is 48.5 Å². The Morgan fingerprint density at radius 3 is 1.52 bits per heavy atom. The Balaban J connectivity index is 2.20. The molecule has 0 unspecified atom stereocenters. The van der Waals surface area contributed by atoms with Crippen LogP contribution in [0.25, 0.3) is 0 Å². The minimum atomic E-state index is -1.22. The summed E-state index contributed by atoms with van der Waals surface area (Å²) in [5.41, 5.74) is 0. The summed E-state index contributed by atoms with van der Waals surface area (Å²) < 4.78 is 28.2. The first kappa shape index (κ1) is 19.4. The van der Waals surface area contributed by atoms with Crippen LogP contribution in [0.1, 0.15) is 12.8 Å². The third-order valence-corrected chi connectivity index (χ3v) is 4.48. The Hall–Kier alpha value is -1.89. The summed E-state index contributed by atoms with van der Waals surface area (Å²) in [5, 5.41) is 0. The van der Waals surface area contributed by atoms with Crippen LogP contribution in [-0.4, -0.2) is 36.6 Å². The van der Waals surface area contributed by atoms with E-state index >= 15 is 0 Å². The van der Waals surface area contributed by atoms with Gasteiger partial charge in [0.05, 0.1) is 20.6 Å². The lowest BCUT2D eigenvalue weighted by atomic mass is 10.2. The molecule has 0 aromatic heterocycles. The van der Waals surface area contributed by atoms with Crippen molar-refractivity contribution in [2.24, 2.45) is 0 Å². The van der Waals surface area contributed by atoms with Gasteiger partial charge in [0.2, 0.25) is 0 Å². The largest absolute Gasteiger partial charge is 0.497 e. The van der Waals surface area contributed by atoms with Gasteiger partial charge in [-0.25, -0.2) is 0 Å². The Bertz CT molecular complexity index is 583. The van der Waals surface area contributed by atoms with Gasteiger partial charge in [-0.15, -0.1) is 11.6 Å². The summed E-state index contributed by atoms with van der Waals surface area (Å²) in [6, 6.07) is 14.5. The molecule has 0 heterocycles. The first-order valence-electron chi connectivity index (χ1n) is 7.92. The highest BCUT2D eigenvalue weighted by Gasteiger charge is 2.34. The van der Waals surface area contributed by atoms with Crippen molar-refractivity contribution in [2.75, 3.05) is 20.1 Å². The molecule has 0 aliphatic carbocycles. The van der Waals surface area contributed by atoms with Crippen LogP contribution in [0.3, 0.4) is 0 Å². The van der Waals surface area contributed by atoms with Gasteiger partial charge in [0, 0.05) is 5.88 Å². The maximum Gasteiger partial charge on any atom is 0.361 e. The Labute approximate surface area is 156 Å². The second-order valence-electron chi connectivity index (χ2n) is 5.23. The van der Waals surface area contributed by atoms with Gasteiger partial charge in [0.15, 0.2) is 10.5 Å². The Morgan fingerprint density at radius 1 is 0.800 bits per heavy atom. The lowest BCUT2D eigenvalue weighted by Crippen LogP contribution is -2.45. The highest BCUT2D eigenvalue weighted by molar-refractivity contribution is 6.17. The Kier molecular flexibility index (Phi) is 7.43. The van der Waals surface area contributed by atoms with Crippen molar-refractivity contribution in [3.8, 4) is 23.0 Å². The van der Waals surface area contributed by atoms with Gasteiger partial charge >= 0.3 is 5.97 Å². The van der Waals surface area contributed by atoms with Gasteiger partial charge in [-0.1, -0.05) is 0 Å². The fourth-order valence-electron chi connectivity index (χ4n) is 2.24. The molecule has 136 valence electrons. The molecule has 0 aliphatic rings. The number of rotatable bonds is 10. The van der Waals surface area contributed by atoms with Crippen molar-refractivity contribution in [2.45, 2.75) is 18.8 Å². The van der Waals surface area contributed by atoms with Crippen molar-refractivity contribution in [1.29, 1.82) is 0 Å². The lowest BCUT2D eigenvalue weighted by Gasteiger charge is -2.33. The van der Waals surface area contributed by atoms with Gasteiger partial charge in [-0.05, 0) is 55.0 Å². The van der Waals surface area contributed by atoms with Gasteiger partial charge < -0.3 is 23.4 Å². The molecule has 7 heteroatoms. The molecule has 0 atom stereocenters. The van der Waals surface area contributed by atoms with E-state index in [2.05, 4.69) is 0 Å². The molecule has 2 aromatic rings. The molecular formula is C18H23ClO5Si. The normalized spacial score (nSPS) is 11.2. The molecule has 0 bridgehead atoms. The molecule has 2 rings (SSSR count). The number of benzene rings is 2. The second kappa shape index (κ2) is 9.55. The van der Waals surface area contributed by atoms with Crippen LogP contribution in [0.15, 0.2) is 48.5 Å². The molecule has 0 spiro atoms. The zero-order valence-corrected chi connectivity index (χ0v) is 17.4. The van der Waals surface area contributed by atoms with Gasteiger partial charge in [-0.2, -0.15) is 0 Å². The number of halogens is 1. The summed E-state index contributed by atoms with van der Waals surface area (Å²) in [4.78, 5) is 0. The Morgan fingerprint density at radius 2 is 1.20 bits per heavy atom. The number of ether oxygens (including phenoxy) is 4. The number of alkyl halides is 1. The van der Waals surface area contributed by atoms with Crippen LogP contribution in [0.2, 0.25) is 0 Å². The van der Waals surface area contributed by atoms with E-state index in [1.54, 1.807) is 14.2 Å². The average Bonchev–Trinajstić information content (AvgIpc) is 2.67. The van der Waals surface area contributed by atoms with Crippen LogP contribution in [0, 0.1) is 0 Å². The van der Waals surface area contributed by atoms with E-state index in [4.69, 9.17) is 35.0 Å². The third kappa shape index (κ3) is 5.56. The van der Waals surface area contributed by atoms with Gasteiger partial charge in [0.25, 0.3) is 0 Å². The van der Waals surface area contributed by atoms with Crippen molar-refractivity contribution in [1.82, 2.24) is 0 Å². The van der Waals surface area contributed by atoms with Crippen molar-refractivity contribution < 1.29 is 23.4 Å². The standard InChI is InChI=1S/C18H23ClO5Si/c1-20-14-4-8-16(9-5-14)22-18(24-25,12-3-13-19)23-17-10-6-15(21-2)7-11-17/h4-11H,3,12-13H2,1-2,25H3. The van der Waals surface area contributed by atoms with Gasteiger partial charge in [-0.3, -0.25) is 0 Å². The van der Waals surface area contributed by atoms with Crippen LogP contribution < -0.4 is 18.9 Å². The molecule has 0 amide bonds. The zero-order valence-electron chi connectivity index (χ0n) is 14.7. The molecule has 25 heavy (non-hydrogen) atoms. The van der Waals surface area contributed by atoms with Crippen LogP contribution in [-0.2, 0) is 4.43 Å². The predicted octanol–water partition coefficient (Wildman–Crippen LogP) is 3.13. The van der Waals surface area contributed by atoms with E-state index in [0.717, 1.165) is 11.5 Å². The van der Waals surface area contributed by atoms with Gasteiger partial charge in [0.1, 0.15) is 23.0 Å². The summed E-state index contributed by atoms with van der Waals surface area (Å²) in [5.74, 6) is 2.03. The summed E-state index contributed by atoms with van der Waals surface area (Å²) in [7, 11) is 3.68. The highest BCUT2D eigenvalue weighted by atomic mass is 35.5. The smallest absolute Gasteiger partial charge is 0.361 e. The SMILES string of the molecule is COc1ccc(OC(CCCCl)(O[SiH3])Oc2ccc(OC)cc2)cc1. The number of hydrogen-bond acceptors (Lipinski definition) is 5. The molecule has 0 N–H and O–H groups in total. The highest BCUT2D eigenvalue weighted by Crippen LogP contribution is 2.29. The molecule has 0 saturated heterocycles. The van der Waals surface area contributed by atoms with E-state index in [-0.39, 0.29) is 0 Å². The van der Waals surface area contributed by atoms with E-state index in [0.29, 0.717) is 40.7 Å². The second-order valence-corrected chi connectivity index (χ2v) is 6.02. The number of methoxy groups -OCH3 is 2. The molecule has 0 aliphatic heterocycles. The first-order valence-corrected chi connectivity index (χ1v) is 9.27. The molecule has 2 aromatic carbocycles. The van der Waals surface area contributed by atoms with E-state index < -0.39 is 5.97 Å². The third-order valence-electron chi connectivity index (χ3n) is 3.59. The predicted molar refractivity (Wildman–Crippen MR) is 101 cm³/mol. The minimum Gasteiger partial charge on any atom is -0.497 e. The summed E-state index contributed by atoms with van der Waals surface area (Å²) in [6.07, 6.45) is 1.19. The van der Waals surface area contributed by atoms with E-state index in [1.807, 2.05) is 48.5 Å². The first-order chi connectivity index (χ1) is 12.1. The van der Waals surface area contributed by atoms with E-state index in [1.165, 1.54) is 0 Å². The fraction of sp³-hybridized carbons (Fsp3) is 0.333. The van der Waals surface area contributed by atoms with Crippen LogP contribution in [0.4, 0.5) is 0 Å². The summed E-state index contributed by atoms with van der Waals surface area (Å²) in [6.45, 7) is 0. The molecule has 0 radical (unpaired) electrons. The quantitative estimate of drug-likeness (QED) is 0.359.